The molecule has 0 amide bonds. The molecule has 0 bridgehead atoms. The van der Waals surface area contributed by atoms with E-state index in [1.807, 2.05) is 0 Å². The van der Waals surface area contributed by atoms with E-state index in [-0.39, 0.29) is 12.4 Å². The highest BCUT2D eigenvalue weighted by molar-refractivity contribution is 5.49. The number of nitrogens with zero attached hydrogens (tertiary/aromatic N) is 1. The molecule has 1 N–H and O–H groups in total. The Hall–Kier alpha value is -1.94. The molecule has 0 fully saturated rings. The topological polar surface area (TPSA) is 23.5 Å². The summed E-state index contributed by atoms with van der Waals surface area (Å²) in [5, 5.41) is 8.94. The summed E-state index contributed by atoms with van der Waals surface area (Å²) in [6.07, 6.45) is 0. The minimum Gasteiger partial charge on any atom is -0.392 e. The number of rotatable bonds is 4. The molecule has 100 valence electrons. The molecule has 2 aromatic carbocycles. The number of benzene rings is 2. The van der Waals surface area contributed by atoms with Crippen LogP contribution in [0.4, 0.5) is 14.5 Å². The first-order chi connectivity index (χ1) is 9.10. The van der Waals surface area contributed by atoms with Crippen molar-refractivity contribution < 1.29 is 13.9 Å². The van der Waals surface area contributed by atoms with E-state index in [0.29, 0.717) is 17.8 Å². The molecule has 0 atom stereocenters. The minimum atomic E-state index is -0.398. The van der Waals surface area contributed by atoms with E-state index in [4.69, 9.17) is 5.11 Å². The largest absolute Gasteiger partial charge is 0.392 e. The highest BCUT2D eigenvalue weighted by Gasteiger charge is 2.09. The molecule has 0 spiro atoms. The van der Waals surface area contributed by atoms with Gasteiger partial charge in [0, 0.05) is 13.6 Å². The standard InChI is InChI=1S/C15H15F2NO/c1-18(9-11-3-2-4-13(16)7-11)15-6-5-12(10-19)8-14(15)17/h2-8,19H,9-10H2,1H3. The fourth-order valence-corrected chi connectivity index (χ4v) is 1.95. The van der Waals surface area contributed by atoms with Crippen molar-refractivity contribution in [1.82, 2.24) is 0 Å². The molecular weight excluding hydrogens is 248 g/mol. The fourth-order valence-electron chi connectivity index (χ4n) is 1.95. The predicted molar refractivity (Wildman–Crippen MR) is 70.8 cm³/mol. The van der Waals surface area contributed by atoms with Crippen LogP contribution in [-0.4, -0.2) is 12.2 Å². The smallest absolute Gasteiger partial charge is 0.146 e. The first kappa shape index (κ1) is 13.5. The van der Waals surface area contributed by atoms with Gasteiger partial charge in [0.15, 0.2) is 0 Å². The van der Waals surface area contributed by atoms with Gasteiger partial charge in [-0.2, -0.15) is 0 Å². The van der Waals surface area contributed by atoms with Crippen molar-refractivity contribution in [3.63, 3.8) is 0 Å². The van der Waals surface area contributed by atoms with Crippen LogP contribution in [0.5, 0.6) is 0 Å². The molecule has 0 saturated heterocycles. The van der Waals surface area contributed by atoms with Gasteiger partial charge in [0.1, 0.15) is 11.6 Å². The van der Waals surface area contributed by atoms with Crippen molar-refractivity contribution in [3.8, 4) is 0 Å². The second-order valence-corrected chi connectivity index (χ2v) is 4.43. The Kier molecular flexibility index (Phi) is 4.12. The molecule has 2 nitrogen and oxygen atoms in total. The zero-order valence-electron chi connectivity index (χ0n) is 10.6. The van der Waals surface area contributed by atoms with Gasteiger partial charge < -0.3 is 10.0 Å². The summed E-state index contributed by atoms with van der Waals surface area (Å²) in [6, 6.07) is 10.8. The zero-order valence-corrected chi connectivity index (χ0v) is 10.6. The van der Waals surface area contributed by atoms with Crippen molar-refractivity contribution in [3.05, 3.63) is 65.2 Å². The molecule has 0 unspecified atom stereocenters. The molecule has 0 aromatic heterocycles. The molecule has 0 heterocycles. The van der Waals surface area contributed by atoms with Gasteiger partial charge in [0.2, 0.25) is 0 Å². The van der Waals surface area contributed by atoms with Gasteiger partial charge in [-0.1, -0.05) is 18.2 Å². The Morgan fingerprint density at radius 2 is 1.84 bits per heavy atom. The Balaban J connectivity index is 2.18. The van der Waals surface area contributed by atoms with Crippen LogP contribution < -0.4 is 4.90 Å². The summed E-state index contributed by atoms with van der Waals surface area (Å²) < 4.78 is 26.9. The maximum Gasteiger partial charge on any atom is 0.146 e. The fraction of sp³-hybridized carbons (Fsp3) is 0.200. The van der Waals surface area contributed by atoms with E-state index in [1.165, 1.54) is 18.2 Å². The normalized spacial score (nSPS) is 10.5. The third-order valence-corrected chi connectivity index (χ3v) is 2.91. The summed E-state index contributed by atoms with van der Waals surface area (Å²) in [5.41, 5.74) is 1.72. The Labute approximate surface area is 110 Å². The van der Waals surface area contributed by atoms with Crippen LogP contribution in [0.25, 0.3) is 0 Å². The highest BCUT2D eigenvalue weighted by Crippen LogP contribution is 2.21. The van der Waals surface area contributed by atoms with Crippen LogP contribution in [0.3, 0.4) is 0 Å². The molecule has 0 aliphatic carbocycles. The minimum absolute atomic E-state index is 0.190. The molecule has 2 rings (SSSR count). The van der Waals surface area contributed by atoms with Crippen LogP contribution in [0, 0.1) is 11.6 Å². The lowest BCUT2D eigenvalue weighted by molar-refractivity contribution is 0.281. The van der Waals surface area contributed by atoms with Crippen LogP contribution in [0.2, 0.25) is 0 Å². The Morgan fingerprint density at radius 3 is 2.47 bits per heavy atom. The van der Waals surface area contributed by atoms with Gasteiger partial charge in [-0.05, 0) is 35.4 Å². The van der Waals surface area contributed by atoms with Crippen molar-refractivity contribution in [2.24, 2.45) is 0 Å². The first-order valence-electron chi connectivity index (χ1n) is 5.95. The lowest BCUT2D eigenvalue weighted by Crippen LogP contribution is -2.17. The quantitative estimate of drug-likeness (QED) is 0.916. The highest BCUT2D eigenvalue weighted by atomic mass is 19.1. The van der Waals surface area contributed by atoms with Crippen LogP contribution >= 0.6 is 0 Å². The van der Waals surface area contributed by atoms with Crippen LogP contribution in [0.1, 0.15) is 11.1 Å². The van der Waals surface area contributed by atoms with Gasteiger partial charge in [0.05, 0.1) is 12.3 Å². The SMILES string of the molecule is CN(Cc1cccc(F)c1)c1ccc(CO)cc1F. The van der Waals surface area contributed by atoms with E-state index in [0.717, 1.165) is 5.56 Å². The lowest BCUT2D eigenvalue weighted by Gasteiger charge is -2.20. The third kappa shape index (κ3) is 3.29. The number of halogens is 2. The third-order valence-electron chi connectivity index (χ3n) is 2.91. The van der Waals surface area contributed by atoms with Crippen molar-refractivity contribution in [2.45, 2.75) is 13.2 Å². The molecule has 0 aliphatic heterocycles. The maximum absolute atomic E-state index is 13.8. The number of aliphatic hydroxyl groups excluding tert-OH is 1. The van der Waals surface area contributed by atoms with E-state index < -0.39 is 5.82 Å². The van der Waals surface area contributed by atoms with Crippen LogP contribution in [-0.2, 0) is 13.2 Å². The molecule has 19 heavy (non-hydrogen) atoms. The van der Waals surface area contributed by atoms with Crippen LogP contribution in [0.15, 0.2) is 42.5 Å². The summed E-state index contributed by atoms with van der Waals surface area (Å²) in [4.78, 5) is 1.70. The average Bonchev–Trinajstić information content (AvgIpc) is 2.38. The molecule has 2 aromatic rings. The summed E-state index contributed by atoms with van der Waals surface area (Å²) in [5.74, 6) is -0.701. The first-order valence-corrected chi connectivity index (χ1v) is 5.95. The number of anilines is 1. The lowest BCUT2D eigenvalue weighted by atomic mass is 10.1. The molecule has 4 heteroatoms. The van der Waals surface area contributed by atoms with Gasteiger partial charge in [-0.3, -0.25) is 0 Å². The van der Waals surface area contributed by atoms with E-state index in [2.05, 4.69) is 0 Å². The predicted octanol–water partition coefficient (Wildman–Crippen LogP) is 3.09. The Morgan fingerprint density at radius 1 is 1.05 bits per heavy atom. The molecule has 0 radical (unpaired) electrons. The molecular formula is C15H15F2NO. The summed E-state index contributed by atoms with van der Waals surface area (Å²) >= 11 is 0. The van der Waals surface area contributed by atoms with Gasteiger partial charge >= 0.3 is 0 Å². The van der Waals surface area contributed by atoms with Crippen molar-refractivity contribution >= 4 is 5.69 Å². The average molecular weight is 263 g/mol. The van der Waals surface area contributed by atoms with Gasteiger partial charge in [0.25, 0.3) is 0 Å². The molecule has 0 aliphatic rings. The Bertz CT molecular complexity index is 572. The zero-order chi connectivity index (χ0) is 13.8. The van der Waals surface area contributed by atoms with Gasteiger partial charge in [-0.15, -0.1) is 0 Å². The number of hydrogen-bond donors (Lipinski definition) is 1. The number of aliphatic hydroxyl groups is 1. The van der Waals surface area contributed by atoms with Gasteiger partial charge in [-0.25, -0.2) is 8.78 Å². The van der Waals surface area contributed by atoms with E-state index in [1.54, 1.807) is 36.2 Å². The van der Waals surface area contributed by atoms with E-state index in [9.17, 15) is 8.78 Å². The summed E-state index contributed by atoms with van der Waals surface area (Å²) in [6.45, 7) is 0.220. The van der Waals surface area contributed by atoms with Crippen molar-refractivity contribution in [1.29, 1.82) is 0 Å². The maximum atomic E-state index is 13.8. The molecule has 0 saturated carbocycles. The second-order valence-electron chi connectivity index (χ2n) is 4.43. The monoisotopic (exact) mass is 263 g/mol. The summed E-state index contributed by atoms with van der Waals surface area (Å²) in [7, 11) is 1.74. The second kappa shape index (κ2) is 5.80. The van der Waals surface area contributed by atoms with Crippen molar-refractivity contribution in [2.75, 3.05) is 11.9 Å². The van der Waals surface area contributed by atoms with E-state index >= 15 is 0 Å². The number of hydrogen-bond acceptors (Lipinski definition) is 2.